The number of hydrogen-bond acceptors (Lipinski definition) is 5. The summed E-state index contributed by atoms with van der Waals surface area (Å²) in [4.78, 5) is 16.6. The van der Waals surface area contributed by atoms with Crippen LogP contribution >= 0.6 is 0 Å². The van der Waals surface area contributed by atoms with Crippen LogP contribution in [0.4, 0.5) is 0 Å². The summed E-state index contributed by atoms with van der Waals surface area (Å²) in [5.41, 5.74) is 1.20. The van der Waals surface area contributed by atoms with Crippen molar-refractivity contribution in [1.82, 2.24) is 16.0 Å². The van der Waals surface area contributed by atoms with Gasteiger partial charge in [0.25, 0.3) is 0 Å². The molecule has 2 atom stereocenters. The molecule has 0 aromatic heterocycles. The highest BCUT2D eigenvalue weighted by Gasteiger charge is 2.28. The van der Waals surface area contributed by atoms with Crippen molar-refractivity contribution in [3.8, 4) is 5.75 Å². The van der Waals surface area contributed by atoms with Gasteiger partial charge in [0.15, 0.2) is 15.8 Å². The first kappa shape index (κ1) is 20.4. The van der Waals surface area contributed by atoms with E-state index in [1.807, 2.05) is 25.1 Å². The zero-order valence-electron chi connectivity index (χ0n) is 16.1. The van der Waals surface area contributed by atoms with Crippen LogP contribution in [0.25, 0.3) is 0 Å². The minimum absolute atomic E-state index is 0.0143. The summed E-state index contributed by atoms with van der Waals surface area (Å²) in [6, 6.07) is 7.74. The third kappa shape index (κ3) is 5.85. The van der Waals surface area contributed by atoms with E-state index in [0.29, 0.717) is 32.0 Å². The number of aliphatic imine (C=N–C) groups is 1. The number of nitrogens with zero attached hydrogens (tertiary/aromatic N) is 1. The molecule has 1 fully saturated rings. The number of hydrogen-bond donors (Lipinski definition) is 3. The van der Waals surface area contributed by atoms with Crippen molar-refractivity contribution < 1.29 is 17.9 Å². The van der Waals surface area contributed by atoms with Crippen molar-refractivity contribution in [3.05, 3.63) is 29.8 Å². The quantitative estimate of drug-likeness (QED) is 0.441. The molecule has 1 aromatic carbocycles. The number of sulfone groups is 1. The molecule has 9 heteroatoms. The Morgan fingerprint density at radius 2 is 2.11 bits per heavy atom. The monoisotopic (exact) mass is 408 g/mol. The highest BCUT2D eigenvalue weighted by Crippen LogP contribution is 2.28. The number of amides is 1. The molecule has 1 amide bonds. The maximum absolute atomic E-state index is 12.0. The number of ether oxygens (including phenoxy) is 1. The van der Waals surface area contributed by atoms with Gasteiger partial charge in [-0.25, -0.2) is 13.4 Å². The first-order chi connectivity index (χ1) is 13.4. The summed E-state index contributed by atoms with van der Waals surface area (Å²) in [5, 5.41) is 9.09. The van der Waals surface area contributed by atoms with Crippen molar-refractivity contribution in [1.29, 1.82) is 0 Å². The lowest BCUT2D eigenvalue weighted by Gasteiger charge is -2.14. The van der Waals surface area contributed by atoms with E-state index in [1.54, 1.807) is 0 Å². The first-order valence-corrected chi connectivity index (χ1v) is 11.5. The van der Waals surface area contributed by atoms with Gasteiger partial charge in [0.05, 0.1) is 18.1 Å². The molecule has 0 radical (unpaired) electrons. The fourth-order valence-electron chi connectivity index (χ4n) is 3.39. The van der Waals surface area contributed by atoms with Crippen LogP contribution in [0.5, 0.6) is 5.75 Å². The van der Waals surface area contributed by atoms with Gasteiger partial charge >= 0.3 is 0 Å². The second-order valence-electron chi connectivity index (χ2n) is 7.12. The fraction of sp³-hybridized carbons (Fsp3) is 0.579. The van der Waals surface area contributed by atoms with Crippen molar-refractivity contribution in [2.45, 2.75) is 38.3 Å². The molecule has 28 heavy (non-hydrogen) atoms. The molecular weight excluding hydrogens is 380 g/mol. The lowest BCUT2D eigenvalue weighted by Crippen LogP contribution is -2.41. The third-order valence-corrected chi connectivity index (χ3v) is 6.52. The molecule has 3 rings (SSSR count). The van der Waals surface area contributed by atoms with E-state index in [2.05, 4.69) is 27.0 Å². The number of nitrogens with one attached hydrogen (secondary N) is 3. The van der Waals surface area contributed by atoms with Gasteiger partial charge in [0.1, 0.15) is 11.9 Å². The van der Waals surface area contributed by atoms with Crippen LogP contribution < -0.4 is 20.7 Å². The number of carbonyl (C=O) groups is 1. The summed E-state index contributed by atoms with van der Waals surface area (Å²) in [6.07, 6.45) is 1.61. The molecule has 154 valence electrons. The van der Waals surface area contributed by atoms with E-state index in [1.165, 1.54) is 5.56 Å². The topological polar surface area (TPSA) is 109 Å². The van der Waals surface area contributed by atoms with Crippen molar-refractivity contribution >= 4 is 21.7 Å². The Labute approximate surface area is 166 Å². The van der Waals surface area contributed by atoms with Crippen LogP contribution in [0.3, 0.4) is 0 Å². The number of para-hydroxylation sites is 1. The van der Waals surface area contributed by atoms with E-state index in [4.69, 9.17) is 4.74 Å². The lowest BCUT2D eigenvalue weighted by molar-refractivity contribution is -0.121. The normalized spacial score (nSPS) is 23.0. The van der Waals surface area contributed by atoms with Gasteiger partial charge in [0, 0.05) is 32.0 Å². The summed E-state index contributed by atoms with van der Waals surface area (Å²) < 4.78 is 28.8. The van der Waals surface area contributed by atoms with Crippen LogP contribution in [0.15, 0.2) is 29.3 Å². The van der Waals surface area contributed by atoms with Crippen LogP contribution in [-0.4, -0.2) is 63.6 Å². The maximum atomic E-state index is 12.0. The van der Waals surface area contributed by atoms with Gasteiger partial charge in [-0.1, -0.05) is 18.2 Å². The Morgan fingerprint density at radius 3 is 2.82 bits per heavy atom. The maximum Gasteiger partial charge on any atom is 0.222 e. The van der Waals surface area contributed by atoms with E-state index in [-0.39, 0.29) is 36.0 Å². The van der Waals surface area contributed by atoms with Gasteiger partial charge in [0.2, 0.25) is 5.91 Å². The van der Waals surface area contributed by atoms with E-state index in [9.17, 15) is 13.2 Å². The van der Waals surface area contributed by atoms with E-state index in [0.717, 1.165) is 12.2 Å². The Kier molecular flexibility index (Phi) is 6.77. The number of guanidine groups is 1. The van der Waals surface area contributed by atoms with E-state index < -0.39 is 9.84 Å². The highest BCUT2D eigenvalue weighted by atomic mass is 32.2. The third-order valence-electron chi connectivity index (χ3n) is 4.75. The average Bonchev–Trinajstić information content (AvgIpc) is 3.21. The molecule has 1 aromatic rings. The molecule has 2 aliphatic rings. The minimum Gasteiger partial charge on any atom is -0.488 e. The molecule has 2 unspecified atom stereocenters. The fourth-order valence-corrected chi connectivity index (χ4v) is 5.07. The Bertz CT molecular complexity index is 800. The number of rotatable bonds is 7. The molecule has 0 spiro atoms. The van der Waals surface area contributed by atoms with Crippen molar-refractivity contribution in [2.24, 2.45) is 4.99 Å². The number of benzene rings is 1. The van der Waals surface area contributed by atoms with Gasteiger partial charge in [-0.05, 0) is 25.0 Å². The average molecular weight is 409 g/mol. The largest absolute Gasteiger partial charge is 0.488 e. The summed E-state index contributed by atoms with van der Waals surface area (Å²) in [5.74, 6) is 1.60. The van der Waals surface area contributed by atoms with Crippen LogP contribution in [-0.2, 0) is 21.1 Å². The van der Waals surface area contributed by atoms with Gasteiger partial charge in [-0.2, -0.15) is 0 Å². The molecule has 2 heterocycles. The van der Waals surface area contributed by atoms with Gasteiger partial charge in [-0.15, -0.1) is 0 Å². The second kappa shape index (κ2) is 9.27. The highest BCUT2D eigenvalue weighted by molar-refractivity contribution is 7.91. The Hall–Kier alpha value is -2.29. The van der Waals surface area contributed by atoms with E-state index >= 15 is 0 Å². The van der Waals surface area contributed by atoms with Gasteiger partial charge < -0.3 is 20.7 Å². The van der Waals surface area contributed by atoms with Crippen LogP contribution in [0.1, 0.15) is 25.3 Å². The first-order valence-electron chi connectivity index (χ1n) is 9.71. The number of carbonyl (C=O) groups excluding carboxylic acids is 1. The molecule has 3 N–H and O–H groups in total. The Balaban J connectivity index is 1.41. The smallest absolute Gasteiger partial charge is 0.222 e. The van der Waals surface area contributed by atoms with Crippen LogP contribution in [0, 0.1) is 0 Å². The SMILES string of the molecule is CCNC(=NCC1Cc2ccccc2O1)NCCC(=O)NC1CCS(=O)(=O)C1. The summed E-state index contributed by atoms with van der Waals surface area (Å²) in [7, 11) is -2.99. The number of fused-ring (bicyclic) bond motifs is 1. The van der Waals surface area contributed by atoms with Gasteiger partial charge in [-0.3, -0.25) is 4.79 Å². The summed E-state index contributed by atoms with van der Waals surface area (Å²) in [6.45, 7) is 3.63. The van der Waals surface area contributed by atoms with Crippen molar-refractivity contribution in [2.75, 3.05) is 31.1 Å². The second-order valence-corrected chi connectivity index (χ2v) is 9.34. The predicted octanol–water partition coefficient (Wildman–Crippen LogP) is 0.239. The molecular formula is C19H28N4O4S. The minimum atomic E-state index is -2.99. The molecule has 0 saturated carbocycles. The molecule has 8 nitrogen and oxygen atoms in total. The molecule has 0 aliphatic carbocycles. The van der Waals surface area contributed by atoms with Crippen molar-refractivity contribution in [3.63, 3.8) is 0 Å². The zero-order chi connectivity index (χ0) is 20.0. The molecule has 2 aliphatic heterocycles. The zero-order valence-corrected chi connectivity index (χ0v) is 16.9. The predicted molar refractivity (Wildman–Crippen MR) is 108 cm³/mol. The summed E-state index contributed by atoms with van der Waals surface area (Å²) >= 11 is 0. The standard InChI is InChI=1S/C19H28N4O4S/c1-2-20-19(22-12-16-11-14-5-3-4-6-17(14)27-16)21-9-7-18(24)23-15-8-10-28(25,26)13-15/h3-6,15-16H,2,7-13H2,1H3,(H,23,24)(H2,20,21,22). The molecule has 0 bridgehead atoms. The molecule has 1 saturated heterocycles. The lowest BCUT2D eigenvalue weighted by atomic mass is 10.1. The Morgan fingerprint density at radius 1 is 1.29 bits per heavy atom. The van der Waals surface area contributed by atoms with Crippen LogP contribution in [0.2, 0.25) is 0 Å².